The maximum atomic E-state index is 12.1. The molecule has 0 aliphatic rings. The summed E-state index contributed by atoms with van der Waals surface area (Å²) in [5, 5.41) is -0.895. The molecule has 0 fully saturated rings. The average molecular weight is 269 g/mol. The molecule has 0 amide bonds. The first-order valence-corrected chi connectivity index (χ1v) is 5.55. The minimum absolute atomic E-state index is 0.0249. The number of hydrogen-bond acceptors (Lipinski definition) is 2. The van der Waals surface area contributed by atoms with E-state index in [1.165, 1.54) is 31.2 Å². The van der Waals surface area contributed by atoms with Gasteiger partial charge in [-0.3, -0.25) is 4.79 Å². The van der Waals surface area contributed by atoms with Crippen molar-refractivity contribution in [3.63, 3.8) is 0 Å². The Bertz CT molecular complexity index is 392. The second-order valence-corrected chi connectivity index (χ2v) is 4.67. The van der Waals surface area contributed by atoms with Crippen LogP contribution < -0.4 is 0 Å². The Balaban J connectivity index is 2.91. The van der Waals surface area contributed by atoms with Gasteiger partial charge < -0.3 is 0 Å². The molecular formula is C10H8ClF3OS. The Hall–Kier alpha value is -0.680. The maximum absolute atomic E-state index is 12.1. The molecular weight excluding hydrogens is 261 g/mol. The van der Waals surface area contributed by atoms with Crippen molar-refractivity contribution >= 4 is 29.1 Å². The largest absolute Gasteiger partial charge is 0.446 e. The average Bonchev–Trinajstić information content (AvgIpc) is 2.14. The summed E-state index contributed by atoms with van der Waals surface area (Å²) in [6.45, 7) is 1.29. The molecule has 1 aromatic carbocycles. The minimum Gasteiger partial charge on any atom is -0.298 e. The van der Waals surface area contributed by atoms with E-state index in [2.05, 4.69) is 0 Å². The topological polar surface area (TPSA) is 17.1 Å². The predicted molar refractivity (Wildman–Crippen MR) is 57.6 cm³/mol. The quantitative estimate of drug-likeness (QED) is 0.605. The molecule has 0 saturated carbocycles. The maximum Gasteiger partial charge on any atom is 0.446 e. The lowest BCUT2D eigenvalue weighted by Gasteiger charge is -2.09. The van der Waals surface area contributed by atoms with Crippen molar-refractivity contribution in [2.75, 3.05) is 0 Å². The van der Waals surface area contributed by atoms with E-state index >= 15 is 0 Å². The lowest BCUT2D eigenvalue weighted by Crippen LogP contribution is -2.03. The summed E-state index contributed by atoms with van der Waals surface area (Å²) in [6, 6.07) is 5.57. The van der Waals surface area contributed by atoms with Crippen LogP contribution in [0.5, 0.6) is 0 Å². The fourth-order valence-corrected chi connectivity index (χ4v) is 1.85. The second kappa shape index (κ2) is 5.10. The van der Waals surface area contributed by atoms with Gasteiger partial charge in [0, 0.05) is 4.90 Å². The van der Waals surface area contributed by atoms with Crippen molar-refractivity contribution in [3.8, 4) is 0 Å². The van der Waals surface area contributed by atoms with Crippen LogP contribution in [0.1, 0.15) is 17.9 Å². The van der Waals surface area contributed by atoms with Crippen LogP contribution >= 0.6 is 23.4 Å². The highest BCUT2D eigenvalue weighted by Gasteiger charge is 2.29. The first kappa shape index (κ1) is 13.4. The second-order valence-electron chi connectivity index (χ2n) is 3.09. The molecule has 6 heteroatoms. The van der Waals surface area contributed by atoms with E-state index < -0.39 is 10.9 Å². The Morgan fingerprint density at radius 3 is 2.56 bits per heavy atom. The van der Waals surface area contributed by atoms with Crippen molar-refractivity contribution in [1.29, 1.82) is 0 Å². The highest BCUT2D eigenvalue weighted by molar-refractivity contribution is 8.00. The van der Waals surface area contributed by atoms with E-state index in [9.17, 15) is 18.0 Å². The van der Waals surface area contributed by atoms with Crippen LogP contribution in [-0.4, -0.2) is 11.3 Å². The summed E-state index contributed by atoms with van der Waals surface area (Å²) in [4.78, 5) is 11.0. The van der Waals surface area contributed by atoms with E-state index in [1.807, 2.05) is 0 Å². The summed E-state index contributed by atoms with van der Waals surface area (Å²) in [7, 11) is 0. The van der Waals surface area contributed by atoms with Gasteiger partial charge in [0.05, 0.1) is 0 Å². The molecule has 1 unspecified atom stereocenters. The number of Topliss-reactive ketones (excluding diaryl/α,β-unsaturated/α-hetero) is 1. The van der Waals surface area contributed by atoms with Crippen molar-refractivity contribution in [2.45, 2.75) is 22.7 Å². The van der Waals surface area contributed by atoms with Crippen LogP contribution in [0.2, 0.25) is 0 Å². The molecule has 1 nitrogen and oxygen atoms in total. The minimum atomic E-state index is -4.34. The normalized spacial score (nSPS) is 13.6. The van der Waals surface area contributed by atoms with Gasteiger partial charge in [0.15, 0.2) is 5.78 Å². The zero-order valence-corrected chi connectivity index (χ0v) is 9.79. The molecule has 16 heavy (non-hydrogen) atoms. The summed E-state index contributed by atoms with van der Waals surface area (Å²) < 4.78 is 36.3. The van der Waals surface area contributed by atoms with Gasteiger partial charge in [0.25, 0.3) is 0 Å². The first-order chi connectivity index (χ1) is 7.29. The van der Waals surface area contributed by atoms with Gasteiger partial charge in [-0.25, -0.2) is 0 Å². The summed E-state index contributed by atoms with van der Waals surface area (Å²) >= 11 is 5.52. The molecule has 0 bridgehead atoms. The SMILES string of the molecule is CC(=O)C(Cl)c1cccc(SC(F)(F)F)c1. The molecule has 0 spiro atoms. The predicted octanol–water partition coefficient (Wildman–Crippen LogP) is 4.17. The molecule has 0 radical (unpaired) electrons. The molecule has 88 valence electrons. The van der Waals surface area contributed by atoms with Crippen LogP contribution in [0.4, 0.5) is 13.2 Å². The van der Waals surface area contributed by atoms with Crippen molar-refractivity contribution in [3.05, 3.63) is 29.8 Å². The van der Waals surface area contributed by atoms with Crippen LogP contribution in [0.25, 0.3) is 0 Å². The standard InChI is InChI=1S/C10H8ClF3OS/c1-6(15)9(11)7-3-2-4-8(5-7)16-10(12,13)14/h2-5,9H,1H3. The number of rotatable bonds is 3. The monoisotopic (exact) mass is 268 g/mol. The molecule has 0 aliphatic heterocycles. The van der Waals surface area contributed by atoms with Crippen molar-refractivity contribution < 1.29 is 18.0 Å². The number of halogens is 4. The number of alkyl halides is 4. The lowest BCUT2D eigenvalue weighted by molar-refractivity contribution is -0.116. The third-order valence-electron chi connectivity index (χ3n) is 1.74. The molecule has 0 saturated heterocycles. The molecule has 0 N–H and O–H groups in total. The van der Waals surface area contributed by atoms with Gasteiger partial charge in [0.2, 0.25) is 0 Å². The molecule has 0 aromatic heterocycles. The van der Waals surface area contributed by atoms with Gasteiger partial charge in [-0.05, 0) is 36.4 Å². The smallest absolute Gasteiger partial charge is 0.298 e. The van der Waals surface area contributed by atoms with Gasteiger partial charge in [-0.2, -0.15) is 13.2 Å². The first-order valence-electron chi connectivity index (χ1n) is 4.30. The number of carbonyl (C=O) groups excluding carboxylic acids is 1. The van der Waals surface area contributed by atoms with E-state index in [0.29, 0.717) is 5.56 Å². The lowest BCUT2D eigenvalue weighted by atomic mass is 10.1. The fourth-order valence-electron chi connectivity index (χ4n) is 1.10. The highest BCUT2D eigenvalue weighted by Crippen LogP contribution is 2.38. The molecule has 1 aromatic rings. The Labute approximate surface area is 100.0 Å². The number of hydrogen-bond donors (Lipinski definition) is 0. The van der Waals surface area contributed by atoms with Crippen LogP contribution in [0, 0.1) is 0 Å². The van der Waals surface area contributed by atoms with Gasteiger partial charge >= 0.3 is 5.51 Å². The van der Waals surface area contributed by atoms with E-state index in [1.54, 1.807) is 0 Å². The Kier molecular flexibility index (Phi) is 4.27. The molecule has 1 atom stereocenters. The molecule has 1 rings (SSSR count). The Morgan fingerprint density at radius 1 is 1.44 bits per heavy atom. The van der Waals surface area contributed by atoms with Crippen LogP contribution in [-0.2, 0) is 4.79 Å². The van der Waals surface area contributed by atoms with Gasteiger partial charge in [-0.1, -0.05) is 12.1 Å². The van der Waals surface area contributed by atoms with Crippen molar-refractivity contribution in [2.24, 2.45) is 0 Å². The van der Waals surface area contributed by atoms with E-state index in [-0.39, 0.29) is 22.4 Å². The Morgan fingerprint density at radius 2 is 2.06 bits per heavy atom. The van der Waals surface area contributed by atoms with Gasteiger partial charge in [-0.15, -0.1) is 11.6 Å². The van der Waals surface area contributed by atoms with E-state index in [0.717, 1.165) is 0 Å². The highest BCUT2D eigenvalue weighted by atomic mass is 35.5. The third kappa shape index (κ3) is 4.06. The number of benzene rings is 1. The molecule has 0 aliphatic carbocycles. The van der Waals surface area contributed by atoms with Gasteiger partial charge in [0.1, 0.15) is 5.38 Å². The number of carbonyl (C=O) groups is 1. The summed E-state index contributed by atoms with van der Waals surface area (Å²) in [5.41, 5.74) is -3.96. The summed E-state index contributed by atoms with van der Waals surface area (Å²) in [6.07, 6.45) is 0. The summed E-state index contributed by atoms with van der Waals surface area (Å²) in [5.74, 6) is -0.296. The van der Waals surface area contributed by atoms with Crippen LogP contribution in [0.3, 0.4) is 0 Å². The van der Waals surface area contributed by atoms with Crippen molar-refractivity contribution in [1.82, 2.24) is 0 Å². The van der Waals surface area contributed by atoms with E-state index in [4.69, 9.17) is 11.6 Å². The fraction of sp³-hybridized carbons (Fsp3) is 0.300. The number of thioether (sulfide) groups is 1. The number of ketones is 1. The zero-order valence-electron chi connectivity index (χ0n) is 8.22. The molecule has 0 heterocycles. The third-order valence-corrected chi connectivity index (χ3v) is 3.02. The zero-order chi connectivity index (χ0) is 12.3. The van der Waals surface area contributed by atoms with Crippen LogP contribution in [0.15, 0.2) is 29.2 Å².